The molecule has 0 aliphatic heterocycles. The lowest BCUT2D eigenvalue weighted by molar-refractivity contribution is -0.126. The second-order valence-corrected chi connectivity index (χ2v) is 6.22. The summed E-state index contributed by atoms with van der Waals surface area (Å²) in [7, 11) is 0. The molecule has 112 valence electrons. The highest BCUT2D eigenvalue weighted by Crippen LogP contribution is 2.18. The fourth-order valence-corrected chi connectivity index (χ4v) is 1.64. The van der Waals surface area contributed by atoms with E-state index in [9.17, 15) is 4.79 Å². The van der Waals surface area contributed by atoms with Crippen LogP contribution in [0.15, 0.2) is 24.3 Å². The summed E-state index contributed by atoms with van der Waals surface area (Å²) in [6.07, 6.45) is 0.465. The number of ether oxygens (including phenoxy) is 1. The van der Waals surface area contributed by atoms with Crippen LogP contribution in [0.25, 0.3) is 0 Å². The molecule has 0 aromatic heterocycles. The van der Waals surface area contributed by atoms with Gasteiger partial charge in [-0.05, 0) is 36.5 Å². The Hall–Kier alpha value is -1.39. The largest absolute Gasteiger partial charge is 0.369 e. The number of rotatable bonds is 6. The van der Waals surface area contributed by atoms with Gasteiger partial charge in [-0.15, -0.1) is 0 Å². The average Bonchev–Trinajstić information content (AvgIpc) is 2.37. The lowest BCUT2D eigenvalue weighted by atomic mass is 9.93. The van der Waals surface area contributed by atoms with Crippen LogP contribution < -0.4 is 11.1 Å². The smallest absolute Gasteiger partial charge is 0.253 e. The van der Waals surface area contributed by atoms with Crippen LogP contribution in [0.5, 0.6) is 0 Å². The maximum Gasteiger partial charge on any atom is 0.253 e. The molecule has 0 aliphatic carbocycles. The minimum Gasteiger partial charge on any atom is -0.369 e. The first kappa shape index (κ1) is 16.7. The molecule has 0 saturated carbocycles. The summed E-state index contributed by atoms with van der Waals surface area (Å²) < 4.78 is 5.57. The van der Waals surface area contributed by atoms with Gasteiger partial charge in [0.25, 0.3) is 5.91 Å². The number of carbonyl (C=O) groups excluding carboxylic acids is 1. The standard InChI is InChI=1S/C16H26N2O2/c1-12(20-9-8-16(2,3)4)15(19)18-14-7-5-6-13(10-14)11-17/h5-7,10,12H,8-9,11,17H2,1-4H3,(H,18,19). The Kier molecular flexibility index (Phi) is 6.17. The molecule has 1 amide bonds. The number of anilines is 1. The topological polar surface area (TPSA) is 64.3 Å². The van der Waals surface area contributed by atoms with Gasteiger partial charge in [0.15, 0.2) is 0 Å². The zero-order valence-electron chi connectivity index (χ0n) is 12.9. The van der Waals surface area contributed by atoms with E-state index in [2.05, 4.69) is 26.1 Å². The van der Waals surface area contributed by atoms with E-state index in [1.54, 1.807) is 6.92 Å². The second-order valence-electron chi connectivity index (χ2n) is 6.22. The zero-order chi connectivity index (χ0) is 15.2. The van der Waals surface area contributed by atoms with Crippen molar-refractivity contribution in [3.8, 4) is 0 Å². The van der Waals surface area contributed by atoms with Crippen LogP contribution in [-0.4, -0.2) is 18.6 Å². The Morgan fingerprint density at radius 3 is 2.70 bits per heavy atom. The molecular weight excluding hydrogens is 252 g/mol. The van der Waals surface area contributed by atoms with Crippen LogP contribution in [0.3, 0.4) is 0 Å². The number of nitrogens with one attached hydrogen (secondary N) is 1. The van der Waals surface area contributed by atoms with Crippen molar-refractivity contribution in [2.45, 2.75) is 46.8 Å². The Morgan fingerprint density at radius 2 is 2.10 bits per heavy atom. The van der Waals surface area contributed by atoms with E-state index in [0.29, 0.717) is 13.2 Å². The van der Waals surface area contributed by atoms with Crippen molar-refractivity contribution in [1.29, 1.82) is 0 Å². The summed E-state index contributed by atoms with van der Waals surface area (Å²) in [5, 5.41) is 2.84. The molecular formula is C16H26N2O2. The monoisotopic (exact) mass is 278 g/mol. The Balaban J connectivity index is 2.45. The van der Waals surface area contributed by atoms with Gasteiger partial charge in [-0.2, -0.15) is 0 Å². The van der Waals surface area contributed by atoms with Crippen molar-refractivity contribution in [2.75, 3.05) is 11.9 Å². The van der Waals surface area contributed by atoms with Crippen LogP contribution in [0, 0.1) is 5.41 Å². The molecule has 0 spiro atoms. The quantitative estimate of drug-likeness (QED) is 0.841. The Morgan fingerprint density at radius 1 is 1.40 bits per heavy atom. The van der Waals surface area contributed by atoms with Crippen molar-refractivity contribution in [3.63, 3.8) is 0 Å². The minimum absolute atomic E-state index is 0.131. The van der Waals surface area contributed by atoms with E-state index in [1.165, 1.54) is 0 Å². The van der Waals surface area contributed by atoms with Crippen molar-refractivity contribution in [3.05, 3.63) is 29.8 Å². The molecule has 4 nitrogen and oxygen atoms in total. The first-order chi connectivity index (χ1) is 9.31. The van der Waals surface area contributed by atoms with Gasteiger partial charge in [0.1, 0.15) is 6.10 Å². The van der Waals surface area contributed by atoms with E-state index >= 15 is 0 Å². The van der Waals surface area contributed by atoms with Crippen LogP contribution >= 0.6 is 0 Å². The third-order valence-electron chi connectivity index (χ3n) is 3.02. The molecule has 0 saturated heterocycles. The molecule has 0 heterocycles. The van der Waals surface area contributed by atoms with Crippen molar-refractivity contribution >= 4 is 11.6 Å². The van der Waals surface area contributed by atoms with Crippen molar-refractivity contribution in [1.82, 2.24) is 0 Å². The second kappa shape index (κ2) is 7.41. The van der Waals surface area contributed by atoms with Crippen LogP contribution in [0.2, 0.25) is 0 Å². The SMILES string of the molecule is CC(OCCC(C)(C)C)C(=O)Nc1cccc(CN)c1. The lowest BCUT2D eigenvalue weighted by Crippen LogP contribution is -2.28. The van der Waals surface area contributed by atoms with E-state index in [4.69, 9.17) is 10.5 Å². The first-order valence-corrected chi connectivity index (χ1v) is 7.03. The molecule has 20 heavy (non-hydrogen) atoms. The third kappa shape index (κ3) is 6.17. The maximum absolute atomic E-state index is 12.0. The maximum atomic E-state index is 12.0. The predicted octanol–water partition coefficient (Wildman–Crippen LogP) is 2.93. The van der Waals surface area contributed by atoms with Crippen molar-refractivity contribution in [2.24, 2.45) is 11.1 Å². The number of amides is 1. The number of hydrogen-bond donors (Lipinski definition) is 2. The first-order valence-electron chi connectivity index (χ1n) is 7.03. The highest BCUT2D eigenvalue weighted by atomic mass is 16.5. The van der Waals surface area contributed by atoms with Gasteiger partial charge in [0, 0.05) is 18.8 Å². The van der Waals surface area contributed by atoms with Gasteiger partial charge >= 0.3 is 0 Å². The van der Waals surface area contributed by atoms with Crippen LogP contribution in [-0.2, 0) is 16.1 Å². The third-order valence-corrected chi connectivity index (χ3v) is 3.02. The lowest BCUT2D eigenvalue weighted by Gasteiger charge is -2.20. The predicted molar refractivity (Wildman–Crippen MR) is 82.4 cm³/mol. The highest BCUT2D eigenvalue weighted by Gasteiger charge is 2.16. The molecule has 1 aromatic carbocycles. The molecule has 1 rings (SSSR count). The molecule has 0 radical (unpaired) electrons. The minimum atomic E-state index is -0.459. The molecule has 0 fully saturated rings. The van der Waals surface area contributed by atoms with E-state index < -0.39 is 6.10 Å². The summed E-state index contributed by atoms with van der Waals surface area (Å²) in [6, 6.07) is 7.53. The van der Waals surface area contributed by atoms with E-state index in [0.717, 1.165) is 17.7 Å². The van der Waals surface area contributed by atoms with Gasteiger partial charge in [0.05, 0.1) is 0 Å². The molecule has 1 aromatic rings. The summed E-state index contributed by atoms with van der Waals surface area (Å²) in [5.74, 6) is -0.131. The molecule has 1 atom stereocenters. The van der Waals surface area contributed by atoms with Gasteiger partial charge < -0.3 is 15.8 Å². The van der Waals surface area contributed by atoms with Crippen molar-refractivity contribution < 1.29 is 9.53 Å². The molecule has 1 unspecified atom stereocenters. The zero-order valence-corrected chi connectivity index (χ0v) is 12.9. The summed E-state index contributed by atoms with van der Waals surface area (Å²) >= 11 is 0. The Labute approximate surface area is 121 Å². The molecule has 0 bridgehead atoms. The average molecular weight is 278 g/mol. The normalized spacial score (nSPS) is 13.1. The summed E-state index contributed by atoms with van der Waals surface area (Å²) in [6.45, 7) is 9.27. The number of carbonyl (C=O) groups is 1. The molecule has 0 aliphatic rings. The van der Waals surface area contributed by atoms with Crippen LogP contribution in [0.1, 0.15) is 39.7 Å². The van der Waals surface area contributed by atoms with Crippen LogP contribution in [0.4, 0.5) is 5.69 Å². The fraction of sp³-hybridized carbons (Fsp3) is 0.562. The number of nitrogens with two attached hydrogens (primary N) is 1. The van der Waals surface area contributed by atoms with Gasteiger partial charge in [0.2, 0.25) is 0 Å². The molecule has 4 heteroatoms. The fourth-order valence-electron chi connectivity index (χ4n) is 1.64. The Bertz CT molecular complexity index is 438. The summed E-state index contributed by atoms with van der Waals surface area (Å²) in [4.78, 5) is 12.0. The number of hydrogen-bond acceptors (Lipinski definition) is 3. The highest BCUT2D eigenvalue weighted by molar-refractivity contribution is 5.93. The van der Waals surface area contributed by atoms with E-state index in [-0.39, 0.29) is 11.3 Å². The molecule has 3 N–H and O–H groups in total. The number of benzene rings is 1. The summed E-state index contributed by atoms with van der Waals surface area (Å²) in [5.41, 5.74) is 7.54. The van der Waals surface area contributed by atoms with Gasteiger partial charge in [-0.3, -0.25) is 4.79 Å². The van der Waals surface area contributed by atoms with E-state index in [1.807, 2.05) is 24.3 Å². The van der Waals surface area contributed by atoms with Gasteiger partial charge in [-0.1, -0.05) is 32.9 Å². The van der Waals surface area contributed by atoms with Gasteiger partial charge in [-0.25, -0.2) is 0 Å².